The molecule has 4 N–H and O–H groups in total. The van der Waals surface area contributed by atoms with Gasteiger partial charge < -0.3 is 11.5 Å². The second-order valence-electron chi connectivity index (χ2n) is 2.44. The maximum absolute atomic E-state index is 5.28. The predicted octanol–water partition coefficient (Wildman–Crippen LogP) is 1.97. The van der Waals surface area contributed by atoms with Crippen LogP contribution in [0.5, 0.6) is 0 Å². The second-order valence-corrected chi connectivity index (χ2v) is 2.44. The van der Waals surface area contributed by atoms with E-state index in [1.807, 2.05) is 48.5 Å². The third kappa shape index (κ3) is 5.12. The number of rotatable bonds is 0. The van der Waals surface area contributed by atoms with Gasteiger partial charge in [-0.25, -0.2) is 24.3 Å². The zero-order chi connectivity index (χ0) is 8.81. The molecule has 2 aromatic carbocycles. The third-order valence-electron chi connectivity index (χ3n) is 1.38. The summed E-state index contributed by atoms with van der Waals surface area (Å²) in [6, 6.07) is 15.1. The van der Waals surface area contributed by atoms with E-state index in [2.05, 4.69) is 0 Å². The van der Waals surface area contributed by atoms with Crippen molar-refractivity contribution < 1.29 is 17.1 Å². The van der Waals surface area contributed by atoms with Gasteiger partial charge in [-0.2, -0.15) is 24.3 Å². The van der Waals surface area contributed by atoms with Crippen LogP contribution in [0.2, 0.25) is 0 Å². The Balaban J connectivity index is 0.000000206. The largest absolute Gasteiger partial charge is 2.00 e. The van der Waals surface area contributed by atoms with Gasteiger partial charge in [0.1, 0.15) is 0 Å². The summed E-state index contributed by atoms with van der Waals surface area (Å²) in [7, 11) is 0. The molecule has 2 aromatic rings. The van der Waals surface area contributed by atoms with Gasteiger partial charge in [0, 0.05) is 0 Å². The number of anilines is 2. The van der Waals surface area contributed by atoms with Gasteiger partial charge >= 0.3 is 17.1 Å². The smallest absolute Gasteiger partial charge is 0.449 e. The molecule has 0 bridgehead atoms. The molecule has 13 heavy (non-hydrogen) atoms. The van der Waals surface area contributed by atoms with Gasteiger partial charge in [0.2, 0.25) is 0 Å². The first-order valence-corrected chi connectivity index (χ1v) is 3.73. The molecule has 0 aliphatic rings. The van der Waals surface area contributed by atoms with Crippen molar-refractivity contribution in [1.29, 1.82) is 0 Å². The molecular formula is C10H12FeN2. The van der Waals surface area contributed by atoms with E-state index in [9.17, 15) is 0 Å². The Morgan fingerprint density at radius 2 is 0.846 bits per heavy atom. The molecule has 0 atom stereocenters. The van der Waals surface area contributed by atoms with Crippen LogP contribution in [-0.4, -0.2) is 0 Å². The van der Waals surface area contributed by atoms with Crippen molar-refractivity contribution in [3.05, 3.63) is 48.5 Å². The molecule has 0 fully saturated rings. The molecule has 0 aliphatic heterocycles. The van der Waals surface area contributed by atoms with Gasteiger partial charge in [0.25, 0.3) is 0 Å². The number of hydrogen-bond acceptors (Lipinski definition) is 2. The van der Waals surface area contributed by atoms with E-state index >= 15 is 0 Å². The third-order valence-corrected chi connectivity index (χ3v) is 1.38. The van der Waals surface area contributed by atoms with Crippen molar-refractivity contribution in [3.8, 4) is 0 Å². The van der Waals surface area contributed by atoms with Crippen molar-refractivity contribution in [3.63, 3.8) is 0 Å². The van der Waals surface area contributed by atoms with Crippen molar-refractivity contribution >= 4 is 11.4 Å². The molecule has 0 aliphatic carbocycles. The van der Waals surface area contributed by atoms with E-state index in [-0.39, 0.29) is 17.1 Å². The Morgan fingerprint density at radius 3 is 0.923 bits per heavy atom. The molecular weight excluding hydrogens is 204 g/mol. The Labute approximate surface area is 88.7 Å². The molecule has 0 saturated carbocycles. The van der Waals surface area contributed by atoms with Crippen LogP contribution >= 0.6 is 0 Å². The van der Waals surface area contributed by atoms with E-state index in [4.69, 9.17) is 11.5 Å². The maximum Gasteiger partial charge on any atom is 2.00 e. The van der Waals surface area contributed by atoms with Crippen molar-refractivity contribution in [2.24, 2.45) is 0 Å². The van der Waals surface area contributed by atoms with Gasteiger partial charge in [-0.3, -0.25) is 0 Å². The van der Waals surface area contributed by atoms with E-state index in [1.54, 1.807) is 0 Å². The average molecular weight is 216 g/mol. The summed E-state index contributed by atoms with van der Waals surface area (Å²) in [5.41, 5.74) is 12.2. The van der Waals surface area contributed by atoms with Gasteiger partial charge in [-0.15, -0.1) is 0 Å². The van der Waals surface area contributed by atoms with Crippen LogP contribution in [0.1, 0.15) is 0 Å². The minimum atomic E-state index is 0. The summed E-state index contributed by atoms with van der Waals surface area (Å²) in [5, 5.41) is 0. The number of nitrogens with two attached hydrogens (primary N) is 2. The summed E-state index contributed by atoms with van der Waals surface area (Å²) in [4.78, 5) is 0. The maximum atomic E-state index is 5.28. The van der Waals surface area contributed by atoms with Crippen LogP contribution in [-0.2, 0) is 17.1 Å². The Hall–Kier alpha value is -1.18. The molecule has 0 aromatic heterocycles. The minimum absolute atomic E-state index is 0. The topological polar surface area (TPSA) is 52.0 Å². The minimum Gasteiger partial charge on any atom is -0.449 e. The molecule has 0 amide bonds. The van der Waals surface area contributed by atoms with Crippen molar-refractivity contribution in [1.82, 2.24) is 0 Å². The first kappa shape index (κ1) is 11.8. The Morgan fingerprint density at radius 1 is 0.615 bits per heavy atom. The summed E-state index contributed by atoms with van der Waals surface area (Å²) in [6.45, 7) is 0. The van der Waals surface area contributed by atoms with E-state index in [1.165, 1.54) is 0 Å². The summed E-state index contributed by atoms with van der Waals surface area (Å²) in [5.74, 6) is 0. The Kier molecular flexibility index (Phi) is 5.77. The van der Waals surface area contributed by atoms with Crippen molar-refractivity contribution in [2.75, 3.05) is 11.5 Å². The molecule has 3 heteroatoms. The quantitative estimate of drug-likeness (QED) is 0.522. The van der Waals surface area contributed by atoms with E-state index in [0.29, 0.717) is 0 Å². The molecule has 0 heterocycles. The van der Waals surface area contributed by atoms with E-state index in [0.717, 1.165) is 11.4 Å². The van der Waals surface area contributed by atoms with Crippen LogP contribution < -0.4 is 11.5 Å². The zero-order valence-corrected chi connectivity index (χ0v) is 8.23. The Bertz CT molecular complexity index is 252. The van der Waals surface area contributed by atoms with Crippen LogP contribution in [0.4, 0.5) is 11.4 Å². The molecule has 0 unspecified atom stereocenters. The molecule has 2 rings (SSSR count). The SMILES string of the molecule is N[c-]1cccc1.N[c-]1cccc1.[Fe+2]. The normalized spacial score (nSPS) is 8.00. The first-order chi connectivity index (χ1) is 5.79. The number of nitrogen functional groups attached to an aromatic ring is 2. The first-order valence-electron chi connectivity index (χ1n) is 3.73. The fourth-order valence-corrected chi connectivity index (χ4v) is 0.778. The molecule has 2 nitrogen and oxygen atoms in total. The van der Waals surface area contributed by atoms with Gasteiger partial charge in [0.15, 0.2) is 0 Å². The molecule has 0 saturated heterocycles. The number of hydrogen-bond donors (Lipinski definition) is 2. The van der Waals surface area contributed by atoms with Crippen LogP contribution in [0.15, 0.2) is 48.5 Å². The molecule has 0 spiro atoms. The summed E-state index contributed by atoms with van der Waals surface area (Å²) >= 11 is 0. The van der Waals surface area contributed by atoms with Crippen molar-refractivity contribution in [2.45, 2.75) is 0 Å². The standard InChI is InChI=1S/2C5H6N.Fe/c2*6-5-3-1-2-4-5;/h2*1-4H,6H2;/q2*-1;+2. The second kappa shape index (κ2) is 6.35. The average Bonchev–Trinajstić information content (AvgIpc) is 2.63. The fraction of sp³-hybridized carbons (Fsp3) is 0. The monoisotopic (exact) mass is 216 g/mol. The fourth-order valence-electron chi connectivity index (χ4n) is 0.778. The van der Waals surface area contributed by atoms with Gasteiger partial charge in [-0.1, -0.05) is 11.4 Å². The predicted molar refractivity (Wildman–Crippen MR) is 52.9 cm³/mol. The molecule has 0 radical (unpaired) electrons. The zero-order valence-electron chi connectivity index (χ0n) is 7.13. The molecule has 70 valence electrons. The van der Waals surface area contributed by atoms with Crippen LogP contribution in [0.25, 0.3) is 0 Å². The van der Waals surface area contributed by atoms with E-state index < -0.39 is 0 Å². The van der Waals surface area contributed by atoms with Crippen LogP contribution in [0, 0.1) is 0 Å². The summed E-state index contributed by atoms with van der Waals surface area (Å²) in [6.07, 6.45) is 0. The van der Waals surface area contributed by atoms with Crippen LogP contribution in [0.3, 0.4) is 0 Å². The van der Waals surface area contributed by atoms with Gasteiger partial charge in [-0.05, 0) is 0 Å². The summed E-state index contributed by atoms with van der Waals surface area (Å²) < 4.78 is 0. The van der Waals surface area contributed by atoms with Gasteiger partial charge in [0.05, 0.1) is 0 Å².